The van der Waals surface area contributed by atoms with E-state index in [-0.39, 0.29) is 0 Å². The molecule has 4 heteroatoms. The number of benzene rings is 1. The molecule has 4 rings (SSSR count). The number of aromatic nitrogens is 2. The van der Waals surface area contributed by atoms with Crippen LogP contribution in [-0.4, -0.2) is 21.0 Å². The molecule has 2 unspecified atom stereocenters. The lowest BCUT2D eigenvalue weighted by Gasteiger charge is -2.06. The molecule has 1 heterocycles. The summed E-state index contributed by atoms with van der Waals surface area (Å²) >= 11 is 0. The van der Waals surface area contributed by atoms with Crippen molar-refractivity contribution >= 4 is 17.0 Å². The molecule has 2 aliphatic rings. The predicted octanol–water partition coefficient (Wildman–Crippen LogP) is 2.77. The summed E-state index contributed by atoms with van der Waals surface area (Å²) in [6, 6.07) is 5.07. The molecule has 0 bridgehead atoms. The van der Waals surface area contributed by atoms with Crippen LogP contribution < -0.4 is 0 Å². The highest BCUT2D eigenvalue weighted by Crippen LogP contribution is 2.57. The first-order chi connectivity index (χ1) is 8.70. The fraction of sp³-hybridized carbons (Fsp3) is 0.429. The van der Waals surface area contributed by atoms with Crippen LogP contribution in [0.5, 0.6) is 0 Å². The molecule has 0 aliphatic heterocycles. The van der Waals surface area contributed by atoms with Gasteiger partial charge in [0.15, 0.2) is 0 Å². The molecule has 2 aliphatic carbocycles. The number of nitrogens with one attached hydrogen (secondary N) is 1. The zero-order valence-corrected chi connectivity index (χ0v) is 9.89. The van der Waals surface area contributed by atoms with Crippen molar-refractivity contribution in [3.8, 4) is 0 Å². The molecular formula is C14H14N2O2. The van der Waals surface area contributed by atoms with Crippen molar-refractivity contribution in [3.63, 3.8) is 0 Å². The van der Waals surface area contributed by atoms with Crippen molar-refractivity contribution < 1.29 is 9.90 Å². The number of carboxylic acid groups (broad SMARTS) is 1. The van der Waals surface area contributed by atoms with Gasteiger partial charge in [-0.15, -0.1) is 0 Å². The van der Waals surface area contributed by atoms with E-state index in [9.17, 15) is 4.79 Å². The summed E-state index contributed by atoms with van der Waals surface area (Å²) in [5, 5.41) is 8.97. The van der Waals surface area contributed by atoms with E-state index >= 15 is 0 Å². The molecule has 2 fully saturated rings. The summed E-state index contributed by atoms with van der Waals surface area (Å²) < 4.78 is 0. The van der Waals surface area contributed by atoms with Crippen LogP contribution in [-0.2, 0) is 0 Å². The van der Waals surface area contributed by atoms with E-state index < -0.39 is 5.97 Å². The highest BCUT2D eigenvalue weighted by molar-refractivity contribution is 5.92. The summed E-state index contributed by atoms with van der Waals surface area (Å²) in [6.07, 6.45) is 3.90. The van der Waals surface area contributed by atoms with Gasteiger partial charge in [-0.05, 0) is 49.3 Å². The first-order valence-electron chi connectivity index (χ1n) is 6.43. The van der Waals surface area contributed by atoms with Gasteiger partial charge in [0.2, 0.25) is 0 Å². The topological polar surface area (TPSA) is 66.0 Å². The summed E-state index contributed by atoms with van der Waals surface area (Å²) in [7, 11) is 0. The Bertz CT molecular complexity index is 636. The zero-order chi connectivity index (χ0) is 12.3. The zero-order valence-electron chi connectivity index (χ0n) is 9.89. The maximum Gasteiger partial charge on any atom is 0.335 e. The van der Waals surface area contributed by atoms with Gasteiger partial charge in [0.1, 0.15) is 5.82 Å². The molecule has 92 valence electrons. The number of carboxylic acids is 1. The third-order valence-electron chi connectivity index (χ3n) is 4.38. The third kappa shape index (κ3) is 1.45. The van der Waals surface area contributed by atoms with E-state index in [1.165, 1.54) is 19.3 Å². The Hall–Kier alpha value is -1.84. The molecule has 2 atom stereocenters. The van der Waals surface area contributed by atoms with Crippen molar-refractivity contribution in [2.45, 2.75) is 25.2 Å². The van der Waals surface area contributed by atoms with Crippen LogP contribution >= 0.6 is 0 Å². The average Bonchev–Trinajstić information content (AvgIpc) is 2.81. The number of nitrogens with zero attached hydrogens (tertiary/aromatic N) is 1. The van der Waals surface area contributed by atoms with Gasteiger partial charge < -0.3 is 10.1 Å². The van der Waals surface area contributed by atoms with Crippen molar-refractivity contribution in [3.05, 3.63) is 29.6 Å². The second-order valence-corrected chi connectivity index (χ2v) is 5.58. The minimum atomic E-state index is -0.893. The Morgan fingerprint density at radius 3 is 2.78 bits per heavy atom. The normalized spacial score (nSPS) is 29.4. The van der Waals surface area contributed by atoms with Gasteiger partial charge in [-0.3, -0.25) is 0 Å². The number of hydrogen-bond donors (Lipinski definition) is 2. The lowest BCUT2D eigenvalue weighted by Crippen LogP contribution is -1.97. The van der Waals surface area contributed by atoms with Crippen molar-refractivity contribution in [1.82, 2.24) is 9.97 Å². The van der Waals surface area contributed by atoms with Crippen LogP contribution in [0.1, 0.15) is 41.4 Å². The molecule has 2 saturated carbocycles. The standard InChI is InChI=1S/C14H14N2O2/c17-14(18)7-1-2-11-12(6-7)16-13(15-11)10-4-8-3-9(8)5-10/h1-2,6,8-10H,3-5H2,(H,15,16)(H,17,18). The van der Waals surface area contributed by atoms with Gasteiger partial charge in [-0.1, -0.05) is 0 Å². The fourth-order valence-corrected chi connectivity index (χ4v) is 3.29. The highest BCUT2D eigenvalue weighted by Gasteiger charge is 2.46. The molecule has 18 heavy (non-hydrogen) atoms. The Morgan fingerprint density at radius 2 is 2.06 bits per heavy atom. The monoisotopic (exact) mass is 242 g/mol. The van der Waals surface area contributed by atoms with E-state index in [0.29, 0.717) is 11.5 Å². The molecule has 2 N–H and O–H groups in total. The summed E-state index contributed by atoms with van der Waals surface area (Å²) in [4.78, 5) is 18.8. The van der Waals surface area contributed by atoms with Gasteiger partial charge in [-0.25, -0.2) is 9.78 Å². The van der Waals surface area contributed by atoms with Gasteiger partial charge in [0, 0.05) is 5.92 Å². The van der Waals surface area contributed by atoms with Crippen LogP contribution in [0.2, 0.25) is 0 Å². The van der Waals surface area contributed by atoms with E-state index in [2.05, 4.69) is 9.97 Å². The second-order valence-electron chi connectivity index (χ2n) is 5.58. The molecule has 2 aromatic rings. The van der Waals surface area contributed by atoms with Crippen molar-refractivity contribution in [2.24, 2.45) is 11.8 Å². The van der Waals surface area contributed by atoms with Crippen LogP contribution in [0.4, 0.5) is 0 Å². The van der Waals surface area contributed by atoms with E-state index in [0.717, 1.165) is 28.7 Å². The van der Waals surface area contributed by atoms with Crippen LogP contribution in [0.25, 0.3) is 11.0 Å². The summed E-state index contributed by atoms with van der Waals surface area (Å²) in [6.45, 7) is 0. The van der Waals surface area contributed by atoms with Crippen molar-refractivity contribution in [1.29, 1.82) is 0 Å². The maximum atomic E-state index is 10.9. The number of fused-ring (bicyclic) bond motifs is 2. The van der Waals surface area contributed by atoms with Crippen molar-refractivity contribution in [2.75, 3.05) is 0 Å². The predicted molar refractivity (Wildman–Crippen MR) is 66.6 cm³/mol. The lowest BCUT2D eigenvalue weighted by molar-refractivity contribution is 0.0697. The fourth-order valence-electron chi connectivity index (χ4n) is 3.29. The summed E-state index contributed by atoms with van der Waals surface area (Å²) in [5.41, 5.74) is 2.02. The first kappa shape index (κ1) is 10.1. The number of aromatic carboxylic acids is 1. The molecule has 0 saturated heterocycles. The largest absolute Gasteiger partial charge is 0.478 e. The maximum absolute atomic E-state index is 10.9. The Labute approximate surface area is 104 Å². The Morgan fingerprint density at radius 1 is 1.28 bits per heavy atom. The average molecular weight is 242 g/mol. The second kappa shape index (κ2) is 3.34. The quantitative estimate of drug-likeness (QED) is 0.851. The van der Waals surface area contributed by atoms with E-state index in [1.54, 1.807) is 18.2 Å². The SMILES string of the molecule is O=C(O)c1ccc2nc(C3CC4CC4C3)[nH]c2c1. The van der Waals surface area contributed by atoms with Crippen LogP contribution in [0.15, 0.2) is 18.2 Å². The highest BCUT2D eigenvalue weighted by atomic mass is 16.4. The number of rotatable bonds is 2. The van der Waals surface area contributed by atoms with Gasteiger partial charge in [-0.2, -0.15) is 0 Å². The van der Waals surface area contributed by atoms with Crippen LogP contribution in [0.3, 0.4) is 0 Å². The van der Waals surface area contributed by atoms with Gasteiger partial charge >= 0.3 is 5.97 Å². The first-order valence-corrected chi connectivity index (χ1v) is 6.43. The minimum Gasteiger partial charge on any atom is -0.478 e. The number of aromatic amines is 1. The van der Waals surface area contributed by atoms with E-state index in [1.807, 2.05) is 0 Å². The molecule has 1 aromatic carbocycles. The number of H-pyrrole nitrogens is 1. The molecular weight excluding hydrogens is 228 g/mol. The van der Waals surface area contributed by atoms with Crippen LogP contribution in [0, 0.1) is 11.8 Å². The Kier molecular flexibility index (Phi) is 1.88. The number of hydrogen-bond acceptors (Lipinski definition) is 2. The molecule has 0 spiro atoms. The molecule has 0 amide bonds. The lowest BCUT2D eigenvalue weighted by atomic mass is 10.0. The smallest absolute Gasteiger partial charge is 0.335 e. The molecule has 0 radical (unpaired) electrons. The summed E-state index contributed by atoms with van der Waals surface area (Å²) in [5.74, 6) is 2.56. The van der Waals surface area contributed by atoms with Gasteiger partial charge in [0.05, 0.1) is 16.6 Å². The minimum absolute atomic E-state index is 0.312. The number of carbonyl (C=O) groups is 1. The third-order valence-corrected chi connectivity index (χ3v) is 4.38. The molecule has 1 aromatic heterocycles. The molecule has 4 nitrogen and oxygen atoms in total. The Balaban J connectivity index is 1.72. The van der Waals surface area contributed by atoms with E-state index in [4.69, 9.17) is 5.11 Å². The van der Waals surface area contributed by atoms with Gasteiger partial charge in [0.25, 0.3) is 0 Å². The number of imidazole rings is 1.